The number of benzene rings is 2. The summed E-state index contributed by atoms with van der Waals surface area (Å²) in [4.78, 5) is 6.02. The van der Waals surface area contributed by atoms with Crippen LogP contribution in [0.2, 0.25) is 0 Å². The van der Waals surface area contributed by atoms with Crippen LogP contribution in [0.4, 0.5) is 0 Å². The maximum Gasteiger partial charge on any atom is 0.264 e. The van der Waals surface area contributed by atoms with E-state index in [-0.39, 0.29) is 6.61 Å². The van der Waals surface area contributed by atoms with Crippen molar-refractivity contribution in [3.63, 3.8) is 0 Å². The Morgan fingerprint density at radius 2 is 1.67 bits per heavy atom. The summed E-state index contributed by atoms with van der Waals surface area (Å²) >= 11 is 4.84. The van der Waals surface area contributed by atoms with Crippen LogP contribution in [-0.2, 0) is 14.3 Å². The van der Waals surface area contributed by atoms with E-state index in [4.69, 9.17) is 9.17 Å². The number of thioether (sulfide) groups is 2. The van der Waals surface area contributed by atoms with Gasteiger partial charge in [0.1, 0.15) is 11.1 Å². The normalized spacial score (nSPS) is 11.3. The molecular formula is C27H24N2O3S4. The van der Waals surface area contributed by atoms with Crippen molar-refractivity contribution in [3.8, 4) is 38.9 Å². The third-order valence-electron chi connectivity index (χ3n) is 5.17. The number of pyridine rings is 1. The van der Waals surface area contributed by atoms with Gasteiger partial charge in [0, 0.05) is 16.2 Å². The van der Waals surface area contributed by atoms with Gasteiger partial charge in [0.2, 0.25) is 0 Å². The van der Waals surface area contributed by atoms with Crippen LogP contribution in [0.25, 0.3) is 32.8 Å². The average Bonchev–Trinajstić information content (AvgIpc) is 3.38. The first-order valence-electron chi connectivity index (χ1n) is 11.1. The summed E-state index contributed by atoms with van der Waals surface area (Å²) in [5.41, 5.74) is 5.49. The molecule has 4 rings (SSSR count). The molecule has 2 aromatic heterocycles. The molecule has 4 aromatic rings. The van der Waals surface area contributed by atoms with Gasteiger partial charge in [-0.2, -0.15) is 25.4 Å². The van der Waals surface area contributed by atoms with Crippen LogP contribution in [0.5, 0.6) is 0 Å². The largest absolute Gasteiger partial charge is 0.270 e. The molecule has 2 aromatic carbocycles. The predicted molar refractivity (Wildman–Crippen MR) is 152 cm³/mol. The number of hydrogen-bond donors (Lipinski definition) is 0. The lowest BCUT2D eigenvalue weighted by Crippen LogP contribution is -2.04. The maximum absolute atomic E-state index is 11.1. The molecule has 2 heterocycles. The van der Waals surface area contributed by atoms with Crippen molar-refractivity contribution < 1.29 is 12.6 Å². The van der Waals surface area contributed by atoms with E-state index in [2.05, 4.69) is 29.6 Å². The van der Waals surface area contributed by atoms with Gasteiger partial charge in [0.15, 0.2) is 0 Å². The van der Waals surface area contributed by atoms with E-state index < -0.39 is 10.1 Å². The third-order valence-corrected chi connectivity index (χ3v) is 8.99. The lowest BCUT2D eigenvalue weighted by atomic mass is 9.99. The lowest BCUT2D eigenvalue weighted by molar-refractivity contribution is 0.323. The highest BCUT2D eigenvalue weighted by molar-refractivity contribution is 8.16. The first kappa shape index (κ1) is 26.5. The number of hydrogen-bond acceptors (Lipinski definition) is 8. The van der Waals surface area contributed by atoms with E-state index in [1.54, 1.807) is 23.1 Å². The van der Waals surface area contributed by atoms with E-state index in [9.17, 15) is 13.7 Å². The van der Waals surface area contributed by atoms with Crippen molar-refractivity contribution in [1.82, 2.24) is 4.98 Å². The van der Waals surface area contributed by atoms with Crippen molar-refractivity contribution in [1.29, 1.82) is 5.26 Å². The van der Waals surface area contributed by atoms with Gasteiger partial charge in [0.05, 0.1) is 29.0 Å². The SMILES string of the molecule is CS(=O)(=O)OCCCSCSc1nc(-c2sccc2-c2ccccc2)cc(-c2ccccc2)c1C#N. The Morgan fingerprint density at radius 3 is 2.31 bits per heavy atom. The van der Waals surface area contributed by atoms with Gasteiger partial charge >= 0.3 is 0 Å². The molecule has 0 N–H and O–H groups in total. The molecule has 184 valence electrons. The quantitative estimate of drug-likeness (QED) is 0.0845. The molecule has 0 spiro atoms. The molecule has 0 aliphatic rings. The standard InChI is InChI=1S/C27H24N2O3S4/c1-36(30,31)32-14-8-15-33-19-35-27-24(18-28)23(21-11-6-3-7-12-21)17-25(29-27)26-22(13-16-34-26)20-9-4-2-5-10-20/h2-7,9-13,16-17H,8,14-15,19H2,1H3. The Bertz CT molecular complexity index is 1450. The number of aromatic nitrogens is 1. The van der Waals surface area contributed by atoms with E-state index in [0.29, 0.717) is 22.1 Å². The number of rotatable bonds is 11. The predicted octanol–water partition coefficient (Wildman–Crippen LogP) is 7.16. The summed E-state index contributed by atoms with van der Waals surface area (Å²) in [7, 11) is -3.41. The Balaban J connectivity index is 1.63. The summed E-state index contributed by atoms with van der Waals surface area (Å²) in [5.74, 6) is 0.749. The molecular weight excluding hydrogens is 529 g/mol. The number of nitriles is 1. The van der Waals surface area contributed by atoms with Crippen molar-refractivity contribution in [2.75, 3.05) is 23.7 Å². The molecule has 0 saturated heterocycles. The Morgan fingerprint density at radius 1 is 1.00 bits per heavy atom. The molecule has 5 nitrogen and oxygen atoms in total. The summed E-state index contributed by atoms with van der Waals surface area (Å²) in [6.45, 7) is 0.173. The summed E-state index contributed by atoms with van der Waals surface area (Å²) in [5, 5.41) is 13.5. The van der Waals surface area contributed by atoms with Crippen LogP contribution >= 0.6 is 34.9 Å². The first-order chi connectivity index (χ1) is 17.5. The zero-order chi connectivity index (χ0) is 25.4. The molecule has 0 aliphatic carbocycles. The van der Waals surface area contributed by atoms with Gasteiger partial charge < -0.3 is 0 Å². The zero-order valence-corrected chi connectivity index (χ0v) is 22.9. The molecule has 0 atom stereocenters. The van der Waals surface area contributed by atoms with E-state index in [0.717, 1.165) is 44.8 Å². The second-order valence-electron chi connectivity index (χ2n) is 7.79. The Kier molecular flexibility index (Phi) is 9.24. The second kappa shape index (κ2) is 12.6. The highest BCUT2D eigenvalue weighted by Gasteiger charge is 2.18. The molecule has 9 heteroatoms. The molecule has 0 radical (unpaired) electrons. The summed E-state index contributed by atoms with van der Waals surface area (Å²) in [6, 6.07) is 26.7. The monoisotopic (exact) mass is 552 g/mol. The summed E-state index contributed by atoms with van der Waals surface area (Å²) < 4.78 is 27.0. The van der Waals surface area contributed by atoms with E-state index in [1.807, 2.05) is 54.6 Å². The van der Waals surface area contributed by atoms with Crippen molar-refractivity contribution in [2.24, 2.45) is 0 Å². The number of thiophene rings is 1. The topological polar surface area (TPSA) is 80.1 Å². The van der Waals surface area contributed by atoms with Crippen molar-refractivity contribution in [2.45, 2.75) is 11.4 Å². The fraction of sp³-hybridized carbons (Fsp3) is 0.185. The fourth-order valence-electron chi connectivity index (χ4n) is 3.58. The van der Waals surface area contributed by atoms with Gasteiger partial charge in [-0.1, -0.05) is 72.4 Å². The van der Waals surface area contributed by atoms with Gasteiger partial charge in [-0.05, 0) is 40.8 Å². The van der Waals surface area contributed by atoms with Crippen LogP contribution in [0, 0.1) is 11.3 Å². The molecule has 0 aliphatic heterocycles. The van der Waals surface area contributed by atoms with Crippen LogP contribution in [0.15, 0.2) is 83.2 Å². The van der Waals surface area contributed by atoms with Crippen molar-refractivity contribution in [3.05, 3.63) is 83.7 Å². The Hall–Kier alpha value is -2.61. The van der Waals surface area contributed by atoms with Crippen LogP contribution in [-0.4, -0.2) is 37.1 Å². The minimum atomic E-state index is -3.41. The minimum absolute atomic E-state index is 0.173. The fourth-order valence-corrected chi connectivity index (χ4v) is 6.91. The van der Waals surface area contributed by atoms with E-state index in [1.165, 1.54) is 11.8 Å². The molecule has 0 unspecified atom stereocenters. The van der Waals surface area contributed by atoms with Crippen LogP contribution < -0.4 is 0 Å². The smallest absolute Gasteiger partial charge is 0.264 e. The first-order valence-corrected chi connectivity index (χ1v) is 16.0. The van der Waals surface area contributed by atoms with Gasteiger partial charge in [-0.15, -0.1) is 11.3 Å². The molecule has 0 saturated carbocycles. The maximum atomic E-state index is 11.1. The van der Waals surface area contributed by atoms with Crippen LogP contribution in [0.1, 0.15) is 12.0 Å². The molecule has 0 amide bonds. The van der Waals surface area contributed by atoms with Crippen molar-refractivity contribution >= 4 is 45.0 Å². The molecule has 36 heavy (non-hydrogen) atoms. The molecule has 0 fully saturated rings. The number of nitrogens with zero attached hydrogens (tertiary/aromatic N) is 2. The van der Waals surface area contributed by atoms with Gasteiger partial charge in [-0.25, -0.2) is 4.98 Å². The summed E-state index contributed by atoms with van der Waals surface area (Å²) in [6.07, 6.45) is 1.68. The third kappa shape index (κ3) is 6.99. The highest BCUT2D eigenvalue weighted by Crippen LogP contribution is 2.40. The van der Waals surface area contributed by atoms with Gasteiger partial charge in [-0.3, -0.25) is 4.18 Å². The minimum Gasteiger partial charge on any atom is -0.270 e. The van der Waals surface area contributed by atoms with Crippen LogP contribution in [0.3, 0.4) is 0 Å². The Labute approximate surface area is 224 Å². The molecule has 0 bridgehead atoms. The van der Waals surface area contributed by atoms with E-state index >= 15 is 0 Å². The second-order valence-corrected chi connectivity index (χ2v) is 12.8. The average molecular weight is 553 g/mol. The van der Waals surface area contributed by atoms with Gasteiger partial charge in [0.25, 0.3) is 10.1 Å². The zero-order valence-electron chi connectivity index (χ0n) is 19.6. The lowest BCUT2D eigenvalue weighted by Gasteiger charge is -2.13. The highest BCUT2D eigenvalue weighted by atomic mass is 32.2.